The normalized spacial score (nSPS) is 9.60. The number of hydrogen-bond acceptors (Lipinski definition) is 4. The molecule has 2 heterocycles. The maximum atomic E-state index is 10.5. The summed E-state index contributed by atoms with van der Waals surface area (Å²) in [5.74, 6) is 1.13. The fourth-order valence-corrected chi connectivity index (χ4v) is 1.10. The largest absolute Gasteiger partial charge is 0.454 e. The molecule has 2 rings (SSSR count). The Balaban J connectivity index is 2.21. The summed E-state index contributed by atoms with van der Waals surface area (Å²) in [6.07, 6.45) is 6.99. The van der Waals surface area contributed by atoms with Gasteiger partial charge in [-0.1, -0.05) is 0 Å². The van der Waals surface area contributed by atoms with Crippen LogP contribution >= 0.6 is 0 Å². The molecule has 0 spiro atoms. The summed E-state index contributed by atoms with van der Waals surface area (Å²) in [5, 5.41) is 0. The maximum Gasteiger partial charge on any atom is 0.151 e. The van der Waals surface area contributed by atoms with Crippen molar-refractivity contribution in [1.82, 2.24) is 9.97 Å². The van der Waals surface area contributed by atoms with Gasteiger partial charge in [-0.15, -0.1) is 0 Å². The molecule has 0 unspecified atom stereocenters. The molecule has 0 bridgehead atoms. The number of aldehydes is 1. The third-order valence-electron chi connectivity index (χ3n) is 1.74. The standard InChI is InChI=1S/C11H8N2O2/c14-8-9-4-11(7-13-5-9)15-10-2-1-3-12-6-10/h1-8H. The molecule has 0 saturated heterocycles. The highest BCUT2D eigenvalue weighted by Crippen LogP contribution is 2.19. The second kappa shape index (κ2) is 4.32. The van der Waals surface area contributed by atoms with Crippen LogP contribution in [0.15, 0.2) is 43.0 Å². The minimum absolute atomic E-state index is 0.483. The first kappa shape index (κ1) is 9.33. The number of carbonyl (C=O) groups is 1. The Bertz CT molecular complexity index is 457. The summed E-state index contributed by atoms with van der Waals surface area (Å²) in [7, 11) is 0. The number of hydrogen-bond donors (Lipinski definition) is 0. The predicted molar refractivity (Wildman–Crippen MR) is 53.9 cm³/mol. The topological polar surface area (TPSA) is 52.1 Å². The van der Waals surface area contributed by atoms with Crippen molar-refractivity contribution in [2.75, 3.05) is 0 Å². The van der Waals surface area contributed by atoms with Gasteiger partial charge >= 0.3 is 0 Å². The Kier molecular flexibility index (Phi) is 2.69. The van der Waals surface area contributed by atoms with E-state index in [1.165, 1.54) is 6.20 Å². The Morgan fingerprint density at radius 1 is 1.13 bits per heavy atom. The molecule has 0 radical (unpaired) electrons. The summed E-state index contributed by atoms with van der Waals surface area (Å²) >= 11 is 0. The summed E-state index contributed by atoms with van der Waals surface area (Å²) in [4.78, 5) is 18.3. The Morgan fingerprint density at radius 3 is 2.73 bits per heavy atom. The molecule has 4 nitrogen and oxygen atoms in total. The summed E-state index contributed by atoms with van der Waals surface area (Å²) in [6.45, 7) is 0. The Morgan fingerprint density at radius 2 is 2.00 bits per heavy atom. The molecule has 0 aliphatic heterocycles. The minimum atomic E-state index is 0.483. The van der Waals surface area contributed by atoms with Gasteiger partial charge in [0, 0.05) is 18.0 Å². The van der Waals surface area contributed by atoms with E-state index in [0.29, 0.717) is 17.1 Å². The van der Waals surface area contributed by atoms with E-state index in [2.05, 4.69) is 9.97 Å². The number of nitrogens with zero attached hydrogens (tertiary/aromatic N) is 2. The van der Waals surface area contributed by atoms with Crippen molar-refractivity contribution in [3.63, 3.8) is 0 Å². The predicted octanol–water partition coefficient (Wildman–Crippen LogP) is 2.08. The van der Waals surface area contributed by atoms with E-state index in [4.69, 9.17) is 4.74 Å². The fraction of sp³-hybridized carbons (Fsp3) is 0. The monoisotopic (exact) mass is 200 g/mol. The molecule has 0 atom stereocenters. The zero-order valence-corrected chi connectivity index (χ0v) is 7.83. The second-order valence-electron chi connectivity index (χ2n) is 2.86. The van der Waals surface area contributed by atoms with Crippen LogP contribution in [-0.4, -0.2) is 16.3 Å². The zero-order valence-electron chi connectivity index (χ0n) is 7.83. The number of pyridine rings is 2. The first-order chi connectivity index (χ1) is 7.38. The smallest absolute Gasteiger partial charge is 0.151 e. The fourth-order valence-electron chi connectivity index (χ4n) is 1.10. The number of rotatable bonds is 3. The number of carbonyl (C=O) groups excluding carboxylic acids is 1. The first-order valence-corrected chi connectivity index (χ1v) is 4.36. The quantitative estimate of drug-likeness (QED) is 0.712. The molecule has 0 saturated carbocycles. The van der Waals surface area contributed by atoms with E-state index in [-0.39, 0.29) is 0 Å². The van der Waals surface area contributed by atoms with Crippen molar-refractivity contribution in [1.29, 1.82) is 0 Å². The van der Waals surface area contributed by atoms with Crippen LogP contribution in [0.2, 0.25) is 0 Å². The maximum absolute atomic E-state index is 10.5. The summed E-state index contributed by atoms with van der Waals surface area (Å²) in [6, 6.07) is 5.17. The van der Waals surface area contributed by atoms with E-state index in [1.807, 2.05) is 0 Å². The molecule has 0 aliphatic carbocycles. The number of aromatic nitrogens is 2. The van der Waals surface area contributed by atoms with Crippen LogP contribution < -0.4 is 4.74 Å². The third-order valence-corrected chi connectivity index (χ3v) is 1.74. The van der Waals surface area contributed by atoms with E-state index >= 15 is 0 Å². The second-order valence-corrected chi connectivity index (χ2v) is 2.86. The number of ether oxygens (including phenoxy) is 1. The van der Waals surface area contributed by atoms with Crippen molar-refractivity contribution in [3.05, 3.63) is 48.5 Å². The van der Waals surface area contributed by atoms with Gasteiger partial charge in [0.1, 0.15) is 11.5 Å². The molecular weight excluding hydrogens is 192 g/mol. The van der Waals surface area contributed by atoms with Crippen LogP contribution in [0, 0.1) is 0 Å². The molecule has 0 fully saturated rings. The van der Waals surface area contributed by atoms with Crippen molar-refractivity contribution in [3.8, 4) is 11.5 Å². The molecule has 74 valence electrons. The average Bonchev–Trinajstić information content (AvgIpc) is 2.31. The van der Waals surface area contributed by atoms with E-state index in [0.717, 1.165) is 6.29 Å². The summed E-state index contributed by atoms with van der Waals surface area (Å²) < 4.78 is 5.44. The van der Waals surface area contributed by atoms with Gasteiger partial charge in [-0.25, -0.2) is 0 Å². The van der Waals surface area contributed by atoms with Gasteiger partial charge in [-0.2, -0.15) is 0 Å². The first-order valence-electron chi connectivity index (χ1n) is 4.36. The van der Waals surface area contributed by atoms with Gasteiger partial charge in [0.2, 0.25) is 0 Å². The lowest BCUT2D eigenvalue weighted by atomic mass is 10.3. The molecule has 0 N–H and O–H groups in total. The highest BCUT2D eigenvalue weighted by atomic mass is 16.5. The van der Waals surface area contributed by atoms with Crippen LogP contribution in [0.1, 0.15) is 10.4 Å². The van der Waals surface area contributed by atoms with Crippen LogP contribution in [0.25, 0.3) is 0 Å². The zero-order chi connectivity index (χ0) is 10.5. The Hall–Kier alpha value is -2.23. The lowest BCUT2D eigenvalue weighted by Gasteiger charge is -2.03. The van der Waals surface area contributed by atoms with Crippen molar-refractivity contribution in [2.45, 2.75) is 0 Å². The average molecular weight is 200 g/mol. The molecule has 2 aromatic rings. The molecule has 2 aromatic heterocycles. The van der Waals surface area contributed by atoms with Crippen molar-refractivity contribution < 1.29 is 9.53 Å². The lowest BCUT2D eigenvalue weighted by molar-refractivity contribution is 0.112. The van der Waals surface area contributed by atoms with Gasteiger partial charge in [0.15, 0.2) is 6.29 Å². The lowest BCUT2D eigenvalue weighted by Crippen LogP contribution is -1.88. The van der Waals surface area contributed by atoms with Crippen LogP contribution in [0.3, 0.4) is 0 Å². The van der Waals surface area contributed by atoms with Crippen LogP contribution in [0.5, 0.6) is 11.5 Å². The highest BCUT2D eigenvalue weighted by molar-refractivity contribution is 5.74. The van der Waals surface area contributed by atoms with Crippen LogP contribution in [0.4, 0.5) is 0 Å². The van der Waals surface area contributed by atoms with Crippen molar-refractivity contribution >= 4 is 6.29 Å². The Labute approximate surface area is 86.6 Å². The molecule has 0 amide bonds. The van der Waals surface area contributed by atoms with E-state index in [1.54, 1.807) is 36.8 Å². The van der Waals surface area contributed by atoms with Gasteiger partial charge in [-0.05, 0) is 18.2 Å². The molecule has 0 aromatic carbocycles. The molecule has 0 aliphatic rings. The molecule has 15 heavy (non-hydrogen) atoms. The summed E-state index contributed by atoms with van der Waals surface area (Å²) in [5.41, 5.74) is 0.483. The SMILES string of the molecule is O=Cc1cncc(Oc2cccnc2)c1. The van der Waals surface area contributed by atoms with Crippen molar-refractivity contribution in [2.24, 2.45) is 0 Å². The molecular formula is C11H8N2O2. The van der Waals surface area contributed by atoms with Crippen LogP contribution in [-0.2, 0) is 0 Å². The van der Waals surface area contributed by atoms with Gasteiger partial charge in [0.05, 0.1) is 12.4 Å². The van der Waals surface area contributed by atoms with E-state index in [9.17, 15) is 4.79 Å². The van der Waals surface area contributed by atoms with Gasteiger partial charge in [0.25, 0.3) is 0 Å². The minimum Gasteiger partial charge on any atom is -0.454 e. The highest BCUT2D eigenvalue weighted by Gasteiger charge is 1.98. The molecule has 4 heteroatoms. The van der Waals surface area contributed by atoms with E-state index < -0.39 is 0 Å². The van der Waals surface area contributed by atoms with Gasteiger partial charge < -0.3 is 4.74 Å². The van der Waals surface area contributed by atoms with Gasteiger partial charge in [-0.3, -0.25) is 14.8 Å². The third kappa shape index (κ3) is 2.37.